The quantitative estimate of drug-likeness (QED) is 0.724. The average molecular weight is 318 g/mol. The molecule has 0 bridgehead atoms. The van der Waals surface area contributed by atoms with Gasteiger partial charge in [-0.15, -0.1) is 0 Å². The second-order valence-corrected chi connectivity index (χ2v) is 7.47. The Kier molecular flexibility index (Phi) is 6.05. The fraction of sp³-hybridized carbons (Fsp3) is 0.632. The topological polar surface area (TPSA) is 64.3 Å². The molecule has 23 heavy (non-hydrogen) atoms. The van der Waals surface area contributed by atoms with Crippen molar-refractivity contribution >= 4 is 5.91 Å². The number of benzene rings is 1. The van der Waals surface area contributed by atoms with E-state index in [1.165, 1.54) is 18.4 Å². The molecule has 4 heteroatoms. The van der Waals surface area contributed by atoms with Crippen LogP contribution in [-0.4, -0.2) is 25.1 Å². The summed E-state index contributed by atoms with van der Waals surface area (Å²) < 4.78 is 5.71. The van der Waals surface area contributed by atoms with E-state index in [-0.39, 0.29) is 17.4 Å². The highest BCUT2D eigenvalue weighted by Gasteiger charge is 2.30. The standard InChI is InChI=1S/C19H30N2O2/c1-19(2,3)15-8-10-16(11-9-15)23-12-4-5-18(22)21-17(13-20)14-6-7-14/h8-11,14,17H,4-7,12-13,20H2,1-3H3,(H,21,22). The lowest BCUT2D eigenvalue weighted by molar-refractivity contribution is -0.122. The van der Waals surface area contributed by atoms with Crippen molar-refractivity contribution in [1.82, 2.24) is 5.32 Å². The number of carbonyl (C=O) groups excluding carboxylic acids is 1. The van der Waals surface area contributed by atoms with Crippen molar-refractivity contribution in [3.05, 3.63) is 29.8 Å². The molecule has 0 spiro atoms. The number of rotatable bonds is 8. The summed E-state index contributed by atoms with van der Waals surface area (Å²) in [5.41, 5.74) is 7.14. The Bertz CT molecular complexity index is 501. The molecule has 1 atom stereocenters. The minimum absolute atomic E-state index is 0.0824. The molecule has 3 N–H and O–H groups in total. The molecule has 2 rings (SSSR count). The summed E-state index contributed by atoms with van der Waals surface area (Å²) in [6, 6.07) is 8.36. The minimum atomic E-state index is 0.0824. The van der Waals surface area contributed by atoms with Crippen molar-refractivity contribution in [2.45, 2.75) is 57.9 Å². The van der Waals surface area contributed by atoms with E-state index in [4.69, 9.17) is 10.5 Å². The van der Waals surface area contributed by atoms with Crippen molar-refractivity contribution in [3.63, 3.8) is 0 Å². The van der Waals surface area contributed by atoms with E-state index >= 15 is 0 Å². The number of amides is 1. The van der Waals surface area contributed by atoms with E-state index in [1.54, 1.807) is 0 Å². The van der Waals surface area contributed by atoms with Gasteiger partial charge in [0.2, 0.25) is 5.91 Å². The molecule has 1 aliphatic carbocycles. The van der Waals surface area contributed by atoms with Gasteiger partial charge in [0, 0.05) is 19.0 Å². The van der Waals surface area contributed by atoms with Gasteiger partial charge in [0.25, 0.3) is 0 Å². The van der Waals surface area contributed by atoms with Crippen LogP contribution in [-0.2, 0) is 10.2 Å². The smallest absolute Gasteiger partial charge is 0.220 e. The Labute approximate surface area is 139 Å². The van der Waals surface area contributed by atoms with Crippen molar-refractivity contribution < 1.29 is 9.53 Å². The second-order valence-electron chi connectivity index (χ2n) is 7.47. The molecule has 0 radical (unpaired) electrons. The molecular weight excluding hydrogens is 288 g/mol. The molecule has 1 saturated carbocycles. The molecule has 1 unspecified atom stereocenters. The van der Waals surface area contributed by atoms with E-state index in [1.807, 2.05) is 12.1 Å². The Morgan fingerprint density at radius 2 is 1.96 bits per heavy atom. The number of hydrogen-bond acceptors (Lipinski definition) is 3. The first kappa shape index (κ1) is 17.8. The van der Waals surface area contributed by atoms with Gasteiger partial charge in [-0.05, 0) is 48.3 Å². The molecule has 4 nitrogen and oxygen atoms in total. The lowest BCUT2D eigenvalue weighted by atomic mass is 9.87. The first-order chi connectivity index (χ1) is 10.9. The highest BCUT2D eigenvalue weighted by Crippen LogP contribution is 2.32. The summed E-state index contributed by atoms with van der Waals surface area (Å²) in [5, 5.41) is 3.03. The Balaban J connectivity index is 1.65. The van der Waals surface area contributed by atoms with E-state index < -0.39 is 0 Å². The zero-order valence-electron chi connectivity index (χ0n) is 14.6. The molecule has 0 heterocycles. The second kappa shape index (κ2) is 7.82. The van der Waals surface area contributed by atoms with Gasteiger partial charge in [0.05, 0.1) is 6.61 Å². The molecule has 128 valence electrons. The van der Waals surface area contributed by atoms with Gasteiger partial charge in [-0.2, -0.15) is 0 Å². The monoisotopic (exact) mass is 318 g/mol. The van der Waals surface area contributed by atoms with Crippen LogP contribution in [0.25, 0.3) is 0 Å². The van der Waals surface area contributed by atoms with Crippen LogP contribution in [0.3, 0.4) is 0 Å². The predicted molar refractivity (Wildman–Crippen MR) is 93.6 cm³/mol. The van der Waals surface area contributed by atoms with Gasteiger partial charge in [-0.25, -0.2) is 0 Å². The van der Waals surface area contributed by atoms with Crippen molar-refractivity contribution in [3.8, 4) is 5.75 Å². The average Bonchev–Trinajstić information content (AvgIpc) is 3.33. The third-order valence-corrected chi connectivity index (χ3v) is 4.33. The predicted octanol–water partition coefficient (Wildman–Crippen LogP) is 3.00. The Morgan fingerprint density at radius 1 is 1.30 bits per heavy atom. The number of nitrogens with one attached hydrogen (secondary N) is 1. The van der Waals surface area contributed by atoms with Crippen LogP contribution < -0.4 is 15.8 Å². The van der Waals surface area contributed by atoms with Crippen LogP contribution in [0.2, 0.25) is 0 Å². The molecule has 1 aromatic rings. The summed E-state index contributed by atoms with van der Waals surface area (Å²) in [7, 11) is 0. The van der Waals surface area contributed by atoms with E-state index in [9.17, 15) is 4.79 Å². The molecule has 0 aromatic heterocycles. The van der Waals surface area contributed by atoms with Crippen molar-refractivity contribution in [1.29, 1.82) is 0 Å². The van der Waals surface area contributed by atoms with Gasteiger partial charge >= 0.3 is 0 Å². The van der Waals surface area contributed by atoms with Gasteiger partial charge in [-0.1, -0.05) is 32.9 Å². The molecular formula is C19H30N2O2. The lowest BCUT2D eigenvalue weighted by Crippen LogP contribution is -2.41. The van der Waals surface area contributed by atoms with Crippen LogP contribution in [0.5, 0.6) is 5.75 Å². The number of hydrogen-bond donors (Lipinski definition) is 2. The summed E-state index contributed by atoms with van der Waals surface area (Å²) in [6.07, 6.45) is 3.59. The highest BCUT2D eigenvalue weighted by atomic mass is 16.5. The summed E-state index contributed by atoms with van der Waals surface area (Å²) >= 11 is 0. The number of carbonyl (C=O) groups is 1. The van der Waals surface area contributed by atoms with E-state index in [0.717, 1.165) is 12.2 Å². The molecule has 0 aliphatic heterocycles. The normalized spacial score (nSPS) is 16.0. The SMILES string of the molecule is CC(C)(C)c1ccc(OCCCC(=O)NC(CN)C2CC2)cc1. The van der Waals surface area contributed by atoms with Gasteiger partial charge < -0.3 is 15.8 Å². The molecule has 1 amide bonds. The fourth-order valence-electron chi connectivity index (χ4n) is 2.62. The number of ether oxygens (including phenoxy) is 1. The molecule has 0 saturated heterocycles. The van der Waals surface area contributed by atoms with Crippen LogP contribution in [0.15, 0.2) is 24.3 Å². The highest BCUT2D eigenvalue weighted by molar-refractivity contribution is 5.76. The zero-order valence-corrected chi connectivity index (χ0v) is 14.6. The lowest BCUT2D eigenvalue weighted by Gasteiger charge is -2.19. The maximum Gasteiger partial charge on any atom is 0.220 e. The molecule has 1 fully saturated rings. The number of nitrogens with two attached hydrogens (primary N) is 1. The van der Waals surface area contributed by atoms with Crippen LogP contribution >= 0.6 is 0 Å². The van der Waals surface area contributed by atoms with Crippen molar-refractivity contribution in [2.75, 3.05) is 13.2 Å². The molecule has 1 aromatic carbocycles. The summed E-state index contributed by atoms with van der Waals surface area (Å²) in [4.78, 5) is 11.9. The Morgan fingerprint density at radius 3 is 2.48 bits per heavy atom. The van der Waals surface area contributed by atoms with Gasteiger partial charge in [0.1, 0.15) is 5.75 Å². The van der Waals surface area contributed by atoms with Crippen LogP contribution in [0.1, 0.15) is 52.0 Å². The summed E-state index contributed by atoms with van der Waals surface area (Å²) in [5.74, 6) is 1.54. The maximum absolute atomic E-state index is 11.9. The zero-order chi connectivity index (χ0) is 16.9. The van der Waals surface area contributed by atoms with E-state index in [0.29, 0.717) is 25.5 Å². The fourth-order valence-corrected chi connectivity index (χ4v) is 2.62. The first-order valence-electron chi connectivity index (χ1n) is 8.63. The van der Waals surface area contributed by atoms with Crippen molar-refractivity contribution in [2.24, 2.45) is 11.7 Å². The third kappa shape index (κ3) is 5.87. The first-order valence-corrected chi connectivity index (χ1v) is 8.63. The van der Waals surface area contributed by atoms with E-state index in [2.05, 4.69) is 38.2 Å². The summed E-state index contributed by atoms with van der Waals surface area (Å²) in [6.45, 7) is 7.67. The van der Waals surface area contributed by atoms with Crippen LogP contribution in [0, 0.1) is 5.92 Å². The van der Waals surface area contributed by atoms with Gasteiger partial charge in [0.15, 0.2) is 0 Å². The third-order valence-electron chi connectivity index (χ3n) is 4.33. The Hall–Kier alpha value is -1.55. The maximum atomic E-state index is 11.9. The largest absolute Gasteiger partial charge is 0.494 e. The molecule has 1 aliphatic rings. The minimum Gasteiger partial charge on any atom is -0.494 e. The van der Waals surface area contributed by atoms with Crippen LogP contribution in [0.4, 0.5) is 0 Å². The van der Waals surface area contributed by atoms with Gasteiger partial charge in [-0.3, -0.25) is 4.79 Å².